The van der Waals surface area contributed by atoms with Gasteiger partial charge in [0.1, 0.15) is 5.54 Å². The van der Waals surface area contributed by atoms with Crippen LogP contribution in [0.3, 0.4) is 0 Å². The minimum atomic E-state index is -4.45. The maximum atomic E-state index is 12.5. The SMILES string of the molecule is CNC1(C(=O)OC)CCC(n2ccc(C(F)(F)F)n2)C1. The van der Waals surface area contributed by atoms with Gasteiger partial charge in [-0.2, -0.15) is 18.3 Å². The fourth-order valence-corrected chi connectivity index (χ4v) is 2.65. The molecular formula is C12H16F3N3O2. The van der Waals surface area contributed by atoms with Crippen molar-refractivity contribution < 1.29 is 22.7 Å². The van der Waals surface area contributed by atoms with Crippen molar-refractivity contribution in [3.63, 3.8) is 0 Å². The van der Waals surface area contributed by atoms with Crippen LogP contribution in [0.1, 0.15) is 31.0 Å². The van der Waals surface area contributed by atoms with Gasteiger partial charge in [0.2, 0.25) is 0 Å². The average Bonchev–Trinajstić information content (AvgIpc) is 3.04. The summed E-state index contributed by atoms with van der Waals surface area (Å²) in [5, 5.41) is 6.49. The van der Waals surface area contributed by atoms with E-state index in [9.17, 15) is 18.0 Å². The maximum Gasteiger partial charge on any atom is 0.435 e. The Balaban J connectivity index is 2.17. The van der Waals surface area contributed by atoms with E-state index in [1.54, 1.807) is 7.05 Å². The first-order valence-corrected chi connectivity index (χ1v) is 6.22. The van der Waals surface area contributed by atoms with Gasteiger partial charge < -0.3 is 10.1 Å². The van der Waals surface area contributed by atoms with Crippen molar-refractivity contribution in [2.24, 2.45) is 0 Å². The van der Waals surface area contributed by atoms with E-state index >= 15 is 0 Å². The Kier molecular flexibility index (Phi) is 3.77. The van der Waals surface area contributed by atoms with Crippen LogP contribution in [0.25, 0.3) is 0 Å². The van der Waals surface area contributed by atoms with Crippen LogP contribution in [0.2, 0.25) is 0 Å². The second-order valence-corrected chi connectivity index (χ2v) is 4.90. The summed E-state index contributed by atoms with van der Waals surface area (Å²) in [6, 6.07) is 0.690. The molecule has 1 aromatic rings. The van der Waals surface area contributed by atoms with Crippen molar-refractivity contribution in [2.45, 2.75) is 37.0 Å². The number of hydrogen-bond donors (Lipinski definition) is 1. The minimum Gasteiger partial charge on any atom is -0.468 e. The number of methoxy groups -OCH3 is 1. The lowest BCUT2D eigenvalue weighted by Gasteiger charge is -2.25. The lowest BCUT2D eigenvalue weighted by atomic mass is 9.98. The zero-order valence-electron chi connectivity index (χ0n) is 11.2. The average molecular weight is 291 g/mol. The molecule has 5 nitrogen and oxygen atoms in total. The number of alkyl halides is 3. The Morgan fingerprint density at radius 2 is 2.30 bits per heavy atom. The van der Waals surface area contributed by atoms with Crippen molar-refractivity contribution in [2.75, 3.05) is 14.2 Å². The van der Waals surface area contributed by atoms with Gasteiger partial charge in [0.05, 0.1) is 13.2 Å². The second-order valence-electron chi connectivity index (χ2n) is 4.90. The number of aromatic nitrogens is 2. The summed E-state index contributed by atoms with van der Waals surface area (Å²) in [7, 11) is 2.94. The molecule has 1 saturated carbocycles. The first-order valence-electron chi connectivity index (χ1n) is 6.22. The van der Waals surface area contributed by atoms with Crippen LogP contribution in [-0.4, -0.2) is 35.4 Å². The third-order valence-electron chi connectivity index (χ3n) is 3.82. The van der Waals surface area contributed by atoms with Crippen molar-refractivity contribution >= 4 is 5.97 Å². The van der Waals surface area contributed by atoms with E-state index in [1.807, 2.05) is 0 Å². The van der Waals surface area contributed by atoms with Crippen LogP contribution in [0, 0.1) is 0 Å². The molecule has 1 heterocycles. The largest absolute Gasteiger partial charge is 0.468 e. The summed E-state index contributed by atoms with van der Waals surface area (Å²) in [6.07, 6.45) is -1.73. The molecule has 2 unspecified atom stereocenters. The number of likely N-dealkylation sites (N-methyl/N-ethyl adjacent to an activating group) is 1. The highest BCUT2D eigenvalue weighted by Crippen LogP contribution is 2.39. The van der Waals surface area contributed by atoms with Gasteiger partial charge in [-0.15, -0.1) is 0 Å². The highest BCUT2D eigenvalue weighted by Gasteiger charge is 2.46. The molecule has 0 amide bonds. The highest BCUT2D eigenvalue weighted by molar-refractivity contribution is 5.81. The predicted molar refractivity (Wildman–Crippen MR) is 63.9 cm³/mol. The normalized spacial score (nSPS) is 26.8. The molecule has 1 aromatic heterocycles. The zero-order chi connectivity index (χ0) is 15.0. The molecule has 2 atom stereocenters. The molecule has 0 aliphatic heterocycles. The number of carbonyl (C=O) groups is 1. The maximum absolute atomic E-state index is 12.5. The van der Waals surface area contributed by atoms with Gasteiger partial charge in [-0.3, -0.25) is 9.48 Å². The number of esters is 1. The number of hydrogen-bond acceptors (Lipinski definition) is 4. The Labute approximate surface area is 114 Å². The lowest BCUT2D eigenvalue weighted by Crippen LogP contribution is -2.49. The molecule has 0 spiro atoms. The summed E-state index contributed by atoms with van der Waals surface area (Å²) in [4.78, 5) is 11.8. The highest BCUT2D eigenvalue weighted by atomic mass is 19.4. The van der Waals surface area contributed by atoms with E-state index in [1.165, 1.54) is 18.0 Å². The van der Waals surface area contributed by atoms with E-state index in [0.29, 0.717) is 19.3 Å². The molecule has 8 heteroatoms. The summed E-state index contributed by atoms with van der Waals surface area (Å²) in [6.45, 7) is 0. The van der Waals surface area contributed by atoms with Gasteiger partial charge in [-0.05, 0) is 32.4 Å². The van der Waals surface area contributed by atoms with E-state index in [2.05, 4.69) is 10.4 Å². The Hall–Kier alpha value is -1.57. The Morgan fingerprint density at radius 3 is 2.80 bits per heavy atom. The number of ether oxygens (including phenoxy) is 1. The third kappa shape index (κ3) is 2.52. The quantitative estimate of drug-likeness (QED) is 0.862. The van der Waals surface area contributed by atoms with Gasteiger partial charge in [0.25, 0.3) is 0 Å². The van der Waals surface area contributed by atoms with Gasteiger partial charge in [0.15, 0.2) is 5.69 Å². The first kappa shape index (κ1) is 14.8. The molecule has 1 fully saturated rings. The van der Waals surface area contributed by atoms with E-state index in [0.717, 1.165) is 6.07 Å². The van der Waals surface area contributed by atoms with Gasteiger partial charge in [0, 0.05) is 6.20 Å². The predicted octanol–water partition coefficient (Wildman–Crippen LogP) is 1.76. The van der Waals surface area contributed by atoms with Crippen molar-refractivity contribution in [1.29, 1.82) is 0 Å². The molecule has 1 aliphatic rings. The molecule has 0 bridgehead atoms. The molecular weight excluding hydrogens is 275 g/mol. The summed E-state index contributed by atoms with van der Waals surface area (Å²) in [5.74, 6) is -0.397. The third-order valence-corrected chi connectivity index (χ3v) is 3.82. The van der Waals surface area contributed by atoms with Gasteiger partial charge in [-0.25, -0.2) is 0 Å². The molecule has 1 N–H and O–H groups in total. The van der Waals surface area contributed by atoms with Gasteiger partial charge in [-0.1, -0.05) is 0 Å². The van der Waals surface area contributed by atoms with Crippen molar-refractivity contribution in [3.8, 4) is 0 Å². The minimum absolute atomic E-state index is 0.252. The van der Waals surface area contributed by atoms with E-state index in [-0.39, 0.29) is 6.04 Å². The number of nitrogens with one attached hydrogen (secondary N) is 1. The number of rotatable bonds is 3. The molecule has 112 valence electrons. The Morgan fingerprint density at radius 1 is 1.60 bits per heavy atom. The van der Waals surface area contributed by atoms with Crippen molar-refractivity contribution in [1.82, 2.24) is 15.1 Å². The second kappa shape index (κ2) is 5.08. The van der Waals surface area contributed by atoms with Crippen LogP contribution in [0.5, 0.6) is 0 Å². The van der Waals surface area contributed by atoms with Crippen LogP contribution >= 0.6 is 0 Å². The molecule has 2 rings (SSSR count). The lowest BCUT2D eigenvalue weighted by molar-refractivity contribution is -0.148. The number of nitrogens with zero attached hydrogens (tertiary/aromatic N) is 2. The zero-order valence-corrected chi connectivity index (χ0v) is 11.2. The first-order chi connectivity index (χ1) is 9.32. The molecule has 0 aromatic carbocycles. The monoisotopic (exact) mass is 291 g/mol. The standard InChI is InChI=1S/C12H16F3N3O2/c1-16-11(10(19)20-2)5-3-8(7-11)18-6-4-9(17-18)12(13,14)15/h4,6,8,16H,3,5,7H2,1-2H3. The van der Waals surface area contributed by atoms with E-state index < -0.39 is 23.4 Å². The number of halogens is 3. The summed E-state index contributed by atoms with van der Waals surface area (Å²) < 4.78 is 43.6. The van der Waals surface area contributed by atoms with Gasteiger partial charge >= 0.3 is 12.1 Å². The van der Waals surface area contributed by atoms with Crippen molar-refractivity contribution in [3.05, 3.63) is 18.0 Å². The summed E-state index contributed by atoms with van der Waals surface area (Å²) in [5.41, 5.74) is -1.76. The van der Waals surface area contributed by atoms with Crippen LogP contribution in [-0.2, 0) is 15.7 Å². The molecule has 1 aliphatic carbocycles. The van der Waals surface area contributed by atoms with Crippen LogP contribution in [0.15, 0.2) is 12.3 Å². The molecule has 0 saturated heterocycles. The smallest absolute Gasteiger partial charge is 0.435 e. The fourth-order valence-electron chi connectivity index (χ4n) is 2.65. The van der Waals surface area contributed by atoms with Crippen LogP contribution in [0.4, 0.5) is 13.2 Å². The fraction of sp³-hybridized carbons (Fsp3) is 0.667. The number of carbonyl (C=O) groups excluding carboxylic acids is 1. The van der Waals surface area contributed by atoms with Crippen LogP contribution < -0.4 is 5.32 Å². The topological polar surface area (TPSA) is 56.1 Å². The van der Waals surface area contributed by atoms with E-state index in [4.69, 9.17) is 4.74 Å². The Bertz CT molecular complexity index is 500. The molecule has 0 radical (unpaired) electrons. The summed E-state index contributed by atoms with van der Waals surface area (Å²) >= 11 is 0. The molecule has 20 heavy (non-hydrogen) atoms.